The first kappa shape index (κ1) is 26.0. The lowest BCUT2D eigenvalue weighted by Crippen LogP contribution is -2.61. The Bertz CT molecular complexity index is 1040. The fraction of sp³-hybridized carbons (Fsp3) is 0.345. The number of hydrogen-bond acceptors (Lipinski definition) is 7. The van der Waals surface area contributed by atoms with Crippen molar-refractivity contribution in [1.82, 2.24) is 0 Å². The molecule has 3 aromatic rings. The van der Waals surface area contributed by atoms with Crippen molar-refractivity contribution in [2.24, 2.45) is 0 Å². The maximum atomic E-state index is 11.9. The summed E-state index contributed by atoms with van der Waals surface area (Å²) in [5, 5.41) is 10.8. The molecule has 0 amide bonds. The molecule has 0 saturated carbocycles. The number of hydrogen-bond donors (Lipinski definition) is 1. The van der Waals surface area contributed by atoms with Crippen LogP contribution >= 0.6 is 0 Å². The fourth-order valence-corrected chi connectivity index (χ4v) is 4.14. The molecule has 7 heteroatoms. The van der Waals surface area contributed by atoms with Gasteiger partial charge in [0.2, 0.25) is 0 Å². The van der Waals surface area contributed by atoms with Crippen molar-refractivity contribution in [1.29, 1.82) is 0 Å². The number of aliphatic hydroxyl groups is 1. The molecule has 5 atom stereocenters. The van der Waals surface area contributed by atoms with Gasteiger partial charge < -0.3 is 28.8 Å². The van der Waals surface area contributed by atoms with Crippen LogP contribution in [0, 0.1) is 0 Å². The molecule has 7 nitrogen and oxygen atoms in total. The number of rotatable bonds is 11. The molecule has 3 aromatic carbocycles. The van der Waals surface area contributed by atoms with Crippen LogP contribution in [0.15, 0.2) is 91.0 Å². The van der Waals surface area contributed by atoms with Gasteiger partial charge in [-0.3, -0.25) is 4.79 Å². The second-order valence-electron chi connectivity index (χ2n) is 8.66. The third-order valence-electron chi connectivity index (χ3n) is 5.88. The van der Waals surface area contributed by atoms with E-state index in [0.717, 1.165) is 16.7 Å². The highest BCUT2D eigenvalue weighted by Gasteiger charge is 2.49. The second-order valence-corrected chi connectivity index (χ2v) is 8.66. The van der Waals surface area contributed by atoms with E-state index in [2.05, 4.69) is 0 Å². The van der Waals surface area contributed by atoms with Crippen molar-refractivity contribution >= 4 is 5.97 Å². The summed E-state index contributed by atoms with van der Waals surface area (Å²) >= 11 is 0. The summed E-state index contributed by atoms with van der Waals surface area (Å²) in [5.41, 5.74) is 2.93. The summed E-state index contributed by atoms with van der Waals surface area (Å²) < 4.78 is 29.8. The van der Waals surface area contributed by atoms with E-state index >= 15 is 0 Å². The van der Waals surface area contributed by atoms with E-state index in [4.69, 9.17) is 23.7 Å². The van der Waals surface area contributed by atoms with Gasteiger partial charge in [-0.05, 0) is 16.7 Å². The lowest BCUT2D eigenvalue weighted by Gasteiger charge is -2.44. The molecule has 0 spiro atoms. The van der Waals surface area contributed by atoms with Crippen LogP contribution in [0.4, 0.5) is 0 Å². The SMILES string of the molecule is CC(=O)O[C@@H]1[C@@H](OCc2ccccc2)[C@H](OCc2ccccc2)[C@@H](COCc2ccccc2)O[C@H]1O. The predicted octanol–water partition coefficient (Wildman–Crippen LogP) is 4.02. The van der Waals surface area contributed by atoms with Gasteiger partial charge in [0.15, 0.2) is 12.4 Å². The Balaban J connectivity index is 1.53. The van der Waals surface area contributed by atoms with Gasteiger partial charge in [0.05, 0.1) is 26.4 Å². The number of esters is 1. The van der Waals surface area contributed by atoms with Gasteiger partial charge in [-0.15, -0.1) is 0 Å². The average molecular weight is 493 g/mol. The first-order valence-corrected chi connectivity index (χ1v) is 12.0. The van der Waals surface area contributed by atoms with Crippen molar-refractivity contribution in [2.75, 3.05) is 6.61 Å². The molecule has 1 heterocycles. The molecule has 0 aromatic heterocycles. The third-order valence-corrected chi connectivity index (χ3v) is 5.88. The minimum Gasteiger partial charge on any atom is -0.454 e. The van der Waals surface area contributed by atoms with Crippen molar-refractivity contribution in [3.05, 3.63) is 108 Å². The fourth-order valence-electron chi connectivity index (χ4n) is 4.14. The molecule has 0 unspecified atom stereocenters. The zero-order chi connectivity index (χ0) is 25.2. The Morgan fingerprint density at radius 3 is 1.69 bits per heavy atom. The minimum atomic E-state index is -1.39. The molecule has 1 aliphatic heterocycles. The minimum absolute atomic E-state index is 0.156. The first-order chi connectivity index (χ1) is 17.6. The third kappa shape index (κ3) is 7.46. The van der Waals surface area contributed by atoms with Gasteiger partial charge >= 0.3 is 5.97 Å². The highest BCUT2D eigenvalue weighted by atomic mass is 16.7. The quantitative estimate of drug-likeness (QED) is 0.405. The standard InChI is InChI=1S/C29H32O7/c1-21(30)35-28-27(34-19-24-15-9-4-10-16-24)26(33-18-23-13-7-3-8-14-23)25(36-29(28)31)20-32-17-22-11-5-2-6-12-22/h2-16,25-29,31H,17-20H2,1H3/t25-,26-,27+,28-,29-/m1/s1. The summed E-state index contributed by atoms with van der Waals surface area (Å²) in [6.45, 7) is 2.36. The van der Waals surface area contributed by atoms with Gasteiger partial charge in [0, 0.05) is 6.92 Å². The molecular weight excluding hydrogens is 460 g/mol. The topological polar surface area (TPSA) is 83.5 Å². The molecule has 4 rings (SSSR count). The Hall–Kier alpha value is -3.07. The molecule has 0 radical (unpaired) electrons. The number of ether oxygens (including phenoxy) is 5. The maximum absolute atomic E-state index is 11.9. The zero-order valence-electron chi connectivity index (χ0n) is 20.3. The van der Waals surface area contributed by atoms with Gasteiger partial charge in [0.1, 0.15) is 18.3 Å². The summed E-state index contributed by atoms with van der Waals surface area (Å²) in [4.78, 5) is 11.9. The van der Waals surface area contributed by atoms with E-state index in [0.29, 0.717) is 6.61 Å². The van der Waals surface area contributed by atoms with Crippen LogP contribution in [-0.4, -0.2) is 48.4 Å². The monoisotopic (exact) mass is 492 g/mol. The Morgan fingerprint density at radius 1 is 0.722 bits per heavy atom. The van der Waals surface area contributed by atoms with Crippen LogP contribution in [-0.2, 0) is 48.3 Å². The molecule has 1 aliphatic rings. The summed E-state index contributed by atoms with van der Waals surface area (Å²) in [6.07, 6.45) is -4.56. The molecule has 190 valence electrons. The van der Waals surface area contributed by atoms with E-state index < -0.39 is 36.7 Å². The number of carbonyl (C=O) groups excluding carboxylic acids is 1. The molecule has 1 N–H and O–H groups in total. The van der Waals surface area contributed by atoms with Crippen LogP contribution in [0.5, 0.6) is 0 Å². The van der Waals surface area contributed by atoms with Crippen LogP contribution < -0.4 is 0 Å². The van der Waals surface area contributed by atoms with E-state index in [1.165, 1.54) is 6.92 Å². The summed E-state index contributed by atoms with van der Waals surface area (Å²) in [5.74, 6) is -0.545. The molecule has 1 fully saturated rings. The van der Waals surface area contributed by atoms with Crippen molar-refractivity contribution in [3.63, 3.8) is 0 Å². The number of carbonyl (C=O) groups is 1. The predicted molar refractivity (Wildman–Crippen MR) is 133 cm³/mol. The first-order valence-electron chi connectivity index (χ1n) is 12.0. The van der Waals surface area contributed by atoms with Gasteiger partial charge in [-0.25, -0.2) is 0 Å². The van der Waals surface area contributed by atoms with Gasteiger partial charge in [0.25, 0.3) is 0 Å². The van der Waals surface area contributed by atoms with Gasteiger partial charge in [-0.2, -0.15) is 0 Å². The number of benzene rings is 3. The van der Waals surface area contributed by atoms with E-state index in [-0.39, 0.29) is 19.8 Å². The molecule has 0 bridgehead atoms. The summed E-state index contributed by atoms with van der Waals surface area (Å²) in [7, 11) is 0. The molecular formula is C29H32O7. The average Bonchev–Trinajstić information content (AvgIpc) is 2.90. The second kappa shape index (κ2) is 13.3. The smallest absolute Gasteiger partial charge is 0.303 e. The van der Waals surface area contributed by atoms with Crippen LogP contribution in [0.1, 0.15) is 23.6 Å². The normalized spacial score (nSPS) is 23.8. The van der Waals surface area contributed by atoms with Crippen LogP contribution in [0.2, 0.25) is 0 Å². The van der Waals surface area contributed by atoms with Crippen LogP contribution in [0.3, 0.4) is 0 Å². The van der Waals surface area contributed by atoms with Crippen LogP contribution in [0.25, 0.3) is 0 Å². The summed E-state index contributed by atoms with van der Waals surface area (Å²) in [6, 6.07) is 29.2. The zero-order valence-corrected chi connectivity index (χ0v) is 20.3. The highest BCUT2D eigenvalue weighted by molar-refractivity contribution is 5.66. The largest absolute Gasteiger partial charge is 0.454 e. The van der Waals surface area contributed by atoms with Crippen molar-refractivity contribution in [3.8, 4) is 0 Å². The Labute approximate surface area is 211 Å². The van der Waals surface area contributed by atoms with E-state index in [1.807, 2.05) is 91.0 Å². The van der Waals surface area contributed by atoms with E-state index in [1.54, 1.807) is 0 Å². The maximum Gasteiger partial charge on any atom is 0.303 e. The Kier molecular flexibility index (Phi) is 9.61. The molecule has 36 heavy (non-hydrogen) atoms. The van der Waals surface area contributed by atoms with E-state index in [9.17, 15) is 9.90 Å². The highest BCUT2D eigenvalue weighted by Crippen LogP contribution is 2.29. The van der Waals surface area contributed by atoms with Gasteiger partial charge in [-0.1, -0.05) is 91.0 Å². The molecule has 0 aliphatic carbocycles. The number of aliphatic hydroxyl groups excluding tert-OH is 1. The lowest BCUT2D eigenvalue weighted by atomic mass is 9.98. The molecule has 1 saturated heterocycles. The van der Waals surface area contributed by atoms with Crippen molar-refractivity contribution in [2.45, 2.75) is 57.5 Å². The lowest BCUT2D eigenvalue weighted by molar-refractivity contribution is -0.309. The van der Waals surface area contributed by atoms with Crippen molar-refractivity contribution < 1.29 is 33.6 Å². The Morgan fingerprint density at radius 2 is 1.19 bits per heavy atom.